The van der Waals surface area contributed by atoms with Gasteiger partial charge in [-0.2, -0.15) is 0 Å². The molecular weight excluding hydrogens is 336 g/mol. The number of carboxylic acid groups (broad SMARTS) is 1. The third-order valence-electron chi connectivity index (χ3n) is 3.81. The first-order valence-electron chi connectivity index (χ1n) is 9.02. The molecule has 2 atom stereocenters. The number of aliphatic hydroxyl groups excluding tert-OH is 1. The van der Waals surface area contributed by atoms with Gasteiger partial charge in [-0.3, -0.25) is 9.59 Å². The van der Waals surface area contributed by atoms with Crippen LogP contribution in [0.3, 0.4) is 0 Å². The summed E-state index contributed by atoms with van der Waals surface area (Å²) in [4.78, 5) is 22.1. The average molecular weight is 366 g/mol. The fourth-order valence-electron chi connectivity index (χ4n) is 2.29. The number of hydrogen-bond donors (Lipinski definition) is 4. The van der Waals surface area contributed by atoms with Crippen molar-refractivity contribution in [2.24, 2.45) is 5.92 Å². The normalized spacial score (nSPS) is 13.0. The molecule has 4 N–H and O–H groups in total. The van der Waals surface area contributed by atoms with E-state index in [1.54, 1.807) is 19.1 Å². The van der Waals surface area contributed by atoms with Crippen molar-refractivity contribution in [1.29, 1.82) is 0 Å². The Bertz CT molecular complexity index is 547. The summed E-state index contributed by atoms with van der Waals surface area (Å²) in [5, 5.41) is 24.7. The molecule has 0 spiro atoms. The summed E-state index contributed by atoms with van der Waals surface area (Å²) < 4.78 is 5.53. The Hall–Kier alpha value is -2.12. The largest absolute Gasteiger partial charge is 0.491 e. The number of benzene rings is 1. The standard InChI is InChI=1S/C19H30N2O5/c1-3-4-18(23)21-10-9-20-12-16(22)13-26-17-7-5-15(6-8-17)11-14(2)19(24)25/h5-8,14,16,20,22H,3-4,9-13H2,1-2H3,(H,21,23)(H,24,25). The maximum Gasteiger partial charge on any atom is 0.306 e. The number of hydrogen-bond acceptors (Lipinski definition) is 5. The molecule has 0 fully saturated rings. The van der Waals surface area contributed by atoms with Crippen molar-refractivity contribution in [3.63, 3.8) is 0 Å². The van der Waals surface area contributed by atoms with Crippen LogP contribution in [0.4, 0.5) is 0 Å². The zero-order chi connectivity index (χ0) is 19.4. The lowest BCUT2D eigenvalue weighted by Crippen LogP contribution is -2.37. The molecule has 0 saturated carbocycles. The molecule has 26 heavy (non-hydrogen) atoms. The fraction of sp³-hybridized carbons (Fsp3) is 0.579. The molecule has 1 aromatic carbocycles. The van der Waals surface area contributed by atoms with E-state index < -0.39 is 18.0 Å². The minimum atomic E-state index is -0.814. The molecule has 7 heteroatoms. The molecular formula is C19H30N2O5. The number of ether oxygens (including phenoxy) is 1. The first-order valence-corrected chi connectivity index (χ1v) is 9.02. The molecule has 0 aliphatic heterocycles. The van der Waals surface area contributed by atoms with Gasteiger partial charge in [-0.1, -0.05) is 26.0 Å². The van der Waals surface area contributed by atoms with Crippen LogP contribution in [0.25, 0.3) is 0 Å². The molecule has 1 rings (SSSR count). The molecule has 146 valence electrons. The van der Waals surface area contributed by atoms with E-state index in [9.17, 15) is 14.7 Å². The van der Waals surface area contributed by atoms with Crippen molar-refractivity contribution in [3.8, 4) is 5.75 Å². The maximum absolute atomic E-state index is 11.3. The zero-order valence-corrected chi connectivity index (χ0v) is 15.5. The smallest absolute Gasteiger partial charge is 0.306 e. The van der Waals surface area contributed by atoms with E-state index >= 15 is 0 Å². The van der Waals surface area contributed by atoms with Crippen LogP contribution in [0.1, 0.15) is 32.3 Å². The summed E-state index contributed by atoms with van der Waals surface area (Å²) in [6.45, 7) is 5.27. The molecule has 1 amide bonds. The maximum atomic E-state index is 11.3. The van der Waals surface area contributed by atoms with Crippen molar-refractivity contribution in [2.75, 3.05) is 26.2 Å². The van der Waals surface area contributed by atoms with Crippen molar-refractivity contribution >= 4 is 11.9 Å². The van der Waals surface area contributed by atoms with Crippen LogP contribution in [0.15, 0.2) is 24.3 Å². The van der Waals surface area contributed by atoms with Gasteiger partial charge in [-0.25, -0.2) is 0 Å². The highest BCUT2D eigenvalue weighted by Crippen LogP contribution is 2.15. The summed E-state index contributed by atoms with van der Waals surface area (Å²) in [6.07, 6.45) is 1.17. The van der Waals surface area contributed by atoms with Crippen LogP contribution < -0.4 is 15.4 Å². The van der Waals surface area contributed by atoms with Crippen LogP contribution in [-0.4, -0.2) is 54.4 Å². The monoisotopic (exact) mass is 366 g/mol. The lowest BCUT2D eigenvalue weighted by atomic mass is 10.0. The molecule has 0 aliphatic carbocycles. The molecule has 1 aromatic rings. The first-order chi connectivity index (χ1) is 12.4. The SMILES string of the molecule is CCCC(=O)NCCNCC(O)COc1ccc(CC(C)C(=O)O)cc1. The number of aliphatic carboxylic acids is 1. The second-order valence-electron chi connectivity index (χ2n) is 6.36. The van der Waals surface area contributed by atoms with Crippen LogP contribution in [-0.2, 0) is 16.0 Å². The van der Waals surface area contributed by atoms with E-state index in [4.69, 9.17) is 9.84 Å². The van der Waals surface area contributed by atoms with Crippen molar-refractivity contribution in [1.82, 2.24) is 10.6 Å². The van der Waals surface area contributed by atoms with Gasteiger partial charge < -0.3 is 25.6 Å². The van der Waals surface area contributed by atoms with Crippen LogP contribution >= 0.6 is 0 Å². The second-order valence-corrected chi connectivity index (χ2v) is 6.36. The summed E-state index contributed by atoms with van der Waals surface area (Å²) in [5.74, 6) is -0.575. The van der Waals surface area contributed by atoms with Gasteiger partial charge in [0.25, 0.3) is 0 Å². The minimum absolute atomic E-state index is 0.0411. The number of carbonyl (C=O) groups is 2. The Morgan fingerprint density at radius 1 is 1.19 bits per heavy atom. The summed E-state index contributed by atoms with van der Waals surface area (Å²) in [6, 6.07) is 7.21. The van der Waals surface area contributed by atoms with E-state index in [1.807, 2.05) is 19.1 Å². The molecule has 2 unspecified atom stereocenters. The Morgan fingerprint density at radius 2 is 1.88 bits per heavy atom. The topological polar surface area (TPSA) is 108 Å². The highest BCUT2D eigenvalue weighted by molar-refractivity contribution is 5.75. The molecule has 0 heterocycles. The molecule has 0 aliphatic rings. The van der Waals surface area contributed by atoms with Gasteiger partial charge in [0.05, 0.1) is 5.92 Å². The van der Waals surface area contributed by atoms with Crippen molar-refractivity contribution < 1.29 is 24.5 Å². The first kappa shape index (κ1) is 21.9. The van der Waals surface area contributed by atoms with Crippen molar-refractivity contribution in [2.45, 2.75) is 39.2 Å². The highest BCUT2D eigenvalue weighted by atomic mass is 16.5. The fourth-order valence-corrected chi connectivity index (χ4v) is 2.29. The molecule has 7 nitrogen and oxygen atoms in total. The molecule has 0 bridgehead atoms. The Labute approximate surface area is 154 Å². The summed E-state index contributed by atoms with van der Waals surface area (Å²) in [7, 11) is 0. The number of carbonyl (C=O) groups excluding carboxylic acids is 1. The average Bonchev–Trinajstić information content (AvgIpc) is 2.61. The lowest BCUT2D eigenvalue weighted by Gasteiger charge is -2.14. The molecule has 0 radical (unpaired) electrons. The third kappa shape index (κ3) is 9.39. The Balaban J connectivity index is 2.19. The van der Waals surface area contributed by atoms with Gasteiger partial charge in [0.1, 0.15) is 18.5 Å². The number of rotatable bonds is 13. The van der Waals surface area contributed by atoms with E-state index in [0.29, 0.717) is 38.2 Å². The Morgan fingerprint density at radius 3 is 2.50 bits per heavy atom. The van der Waals surface area contributed by atoms with Gasteiger partial charge in [0.2, 0.25) is 5.91 Å². The van der Waals surface area contributed by atoms with Crippen LogP contribution in [0.2, 0.25) is 0 Å². The van der Waals surface area contributed by atoms with Gasteiger partial charge in [-0.15, -0.1) is 0 Å². The number of nitrogens with one attached hydrogen (secondary N) is 2. The quantitative estimate of drug-likeness (QED) is 0.391. The zero-order valence-electron chi connectivity index (χ0n) is 15.5. The number of amides is 1. The minimum Gasteiger partial charge on any atom is -0.491 e. The predicted octanol–water partition coefficient (Wildman–Crippen LogP) is 1.20. The lowest BCUT2D eigenvalue weighted by molar-refractivity contribution is -0.141. The van der Waals surface area contributed by atoms with Gasteiger partial charge >= 0.3 is 5.97 Å². The van der Waals surface area contributed by atoms with Crippen molar-refractivity contribution in [3.05, 3.63) is 29.8 Å². The van der Waals surface area contributed by atoms with E-state index in [-0.39, 0.29) is 12.5 Å². The highest BCUT2D eigenvalue weighted by Gasteiger charge is 2.11. The van der Waals surface area contributed by atoms with Gasteiger partial charge in [-0.05, 0) is 30.5 Å². The molecule has 0 saturated heterocycles. The number of aliphatic hydroxyl groups is 1. The third-order valence-corrected chi connectivity index (χ3v) is 3.81. The van der Waals surface area contributed by atoms with E-state index in [2.05, 4.69) is 10.6 Å². The summed E-state index contributed by atoms with van der Waals surface area (Å²) >= 11 is 0. The van der Waals surface area contributed by atoms with Gasteiger partial charge in [0, 0.05) is 26.1 Å². The van der Waals surface area contributed by atoms with Gasteiger partial charge in [0.15, 0.2) is 0 Å². The molecule has 0 aromatic heterocycles. The second kappa shape index (κ2) is 12.3. The van der Waals surface area contributed by atoms with E-state index in [0.717, 1.165) is 12.0 Å². The summed E-state index contributed by atoms with van der Waals surface area (Å²) in [5.41, 5.74) is 0.930. The Kier molecular flexibility index (Phi) is 10.3. The van der Waals surface area contributed by atoms with E-state index in [1.165, 1.54) is 0 Å². The van der Waals surface area contributed by atoms with Crippen LogP contribution in [0, 0.1) is 5.92 Å². The number of carboxylic acids is 1. The van der Waals surface area contributed by atoms with Crippen LogP contribution in [0.5, 0.6) is 5.75 Å². The predicted molar refractivity (Wildman–Crippen MR) is 99.2 cm³/mol.